The number of nitrogens with one attached hydrogen (secondary N) is 1. The Morgan fingerprint density at radius 1 is 0.700 bits per heavy atom. The van der Waals surface area contributed by atoms with Crippen LogP contribution in [0.3, 0.4) is 0 Å². The highest BCUT2D eigenvalue weighted by Crippen LogP contribution is 2.35. The van der Waals surface area contributed by atoms with Gasteiger partial charge in [-0.05, 0) is 40.1 Å². The first-order chi connectivity index (χ1) is 19.7. The van der Waals surface area contributed by atoms with Crippen LogP contribution >= 0.6 is 11.6 Å². The van der Waals surface area contributed by atoms with E-state index in [1.165, 1.54) is 0 Å². The summed E-state index contributed by atoms with van der Waals surface area (Å²) in [4.78, 5) is 12.8. The maximum absolute atomic E-state index is 12.8. The molecule has 5 heteroatoms. The molecule has 0 spiro atoms. The maximum atomic E-state index is 12.8. The zero-order valence-electron chi connectivity index (χ0n) is 21.6. The summed E-state index contributed by atoms with van der Waals surface area (Å²) in [5.74, 6) is 0.521. The van der Waals surface area contributed by atoms with Gasteiger partial charge in [-0.25, -0.2) is 5.43 Å². The molecule has 0 aromatic heterocycles. The van der Waals surface area contributed by atoms with Crippen LogP contribution < -0.4 is 10.2 Å². The predicted octanol–water partition coefficient (Wildman–Crippen LogP) is 8.66. The van der Waals surface area contributed by atoms with E-state index < -0.39 is 0 Å². The van der Waals surface area contributed by atoms with Crippen LogP contribution in [-0.2, 0) is 6.61 Å². The SMILES string of the molecule is O=C(N/N=C\c1c2ccccc2c(Cl)c2ccccc12)c1ccc(COc2ccccc2-c2ccccc2)cc1. The van der Waals surface area contributed by atoms with E-state index in [0.29, 0.717) is 17.2 Å². The van der Waals surface area contributed by atoms with E-state index in [1.54, 1.807) is 18.3 Å². The molecule has 0 bridgehead atoms. The largest absolute Gasteiger partial charge is 0.488 e. The molecule has 0 fully saturated rings. The Morgan fingerprint density at radius 3 is 1.95 bits per heavy atom. The molecule has 0 heterocycles. The number of fused-ring (bicyclic) bond motifs is 2. The summed E-state index contributed by atoms with van der Waals surface area (Å²) < 4.78 is 6.14. The minimum absolute atomic E-state index is 0.291. The monoisotopic (exact) mass is 540 g/mol. The van der Waals surface area contributed by atoms with E-state index in [4.69, 9.17) is 16.3 Å². The van der Waals surface area contributed by atoms with E-state index in [1.807, 2.05) is 103 Å². The molecule has 0 aliphatic carbocycles. The van der Waals surface area contributed by atoms with Gasteiger partial charge in [-0.2, -0.15) is 5.10 Å². The van der Waals surface area contributed by atoms with Crippen molar-refractivity contribution in [2.45, 2.75) is 6.61 Å². The molecule has 40 heavy (non-hydrogen) atoms. The van der Waals surface area contributed by atoms with Crippen molar-refractivity contribution >= 4 is 45.3 Å². The van der Waals surface area contributed by atoms with E-state index in [9.17, 15) is 4.79 Å². The summed E-state index contributed by atoms with van der Waals surface area (Å²) in [5, 5.41) is 8.84. The smallest absolute Gasteiger partial charge is 0.271 e. The van der Waals surface area contributed by atoms with Crippen LogP contribution in [0.1, 0.15) is 21.5 Å². The fraction of sp³-hybridized carbons (Fsp3) is 0.0286. The highest BCUT2D eigenvalue weighted by atomic mass is 35.5. The van der Waals surface area contributed by atoms with Crippen LogP contribution in [0, 0.1) is 0 Å². The Hall–Kier alpha value is -4.93. The molecule has 194 valence electrons. The number of ether oxygens (including phenoxy) is 1. The van der Waals surface area contributed by atoms with E-state index in [0.717, 1.165) is 49.5 Å². The second-order valence-corrected chi connectivity index (χ2v) is 9.74. The Bertz CT molecular complexity index is 1790. The molecule has 4 nitrogen and oxygen atoms in total. The summed E-state index contributed by atoms with van der Waals surface area (Å²) >= 11 is 6.69. The second kappa shape index (κ2) is 11.4. The topological polar surface area (TPSA) is 50.7 Å². The lowest BCUT2D eigenvalue weighted by molar-refractivity contribution is 0.0955. The van der Waals surface area contributed by atoms with Gasteiger partial charge in [0.05, 0.1) is 11.2 Å². The number of amides is 1. The summed E-state index contributed by atoms with van der Waals surface area (Å²) in [6, 6.07) is 41.3. The summed E-state index contributed by atoms with van der Waals surface area (Å²) in [6.45, 7) is 0.389. The fourth-order valence-corrected chi connectivity index (χ4v) is 5.16. The van der Waals surface area contributed by atoms with Gasteiger partial charge in [0.2, 0.25) is 0 Å². The molecule has 0 saturated carbocycles. The van der Waals surface area contributed by atoms with Crippen molar-refractivity contribution in [1.29, 1.82) is 0 Å². The number of benzene rings is 6. The van der Waals surface area contributed by atoms with E-state index >= 15 is 0 Å². The van der Waals surface area contributed by atoms with Crippen molar-refractivity contribution in [3.63, 3.8) is 0 Å². The van der Waals surface area contributed by atoms with Gasteiger partial charge in [-0.1, -0.05) is 121 Å². The van der Waals surface area contributed by atoms with Gasteiger partial charge < -0.3 is 4.74 Å². The minimum Gasteiger partial charge on any atom is -0.488 e. The molecule has 6 aromatic carbocycles. The Morgan fingerprint density at radius 2 is 1.27 bits per heavy atom. The van der Waals surface area contributed by atoms with Gasteiger partial charge in [0.15, 0.2) is 0 Å². The molecule has 1 N–H and O–H groups in total. The number of nitrogens with zero attached hydrogens (tertiary/aromatic N) is 1. The third-order valence-corrected chi connectivity index (χ3v) is 7.26. The Kier molecular flexibility index (Phi) is 7.25. The lowest BCUT2D eigenvalue weighted by Gasteiger charge is -2.12. The molecule has 0 aliphatic rings. The third kappa shape index (κ3) is 5.18. The van der Waals surface area contributed by atoms with Crippen LogP contribution in [0.25, 0.3) is 32.7 Å². The molecular weight excluding hydrogens is 516 g/mol. The molecule has 1 amide bonds. The number of para-hydroxylation sites is 1. The van der Waals surface area contributed by atoms with Gasteiger partial charge in [0.1, 0.15) is 12.4 Å². The summed E-state index contributed by atoms with van der Waals surface area (Å²) in [5.41, 5.74) is 7.18. The predicted molar refractivity (Wildman–Crippen MR) is 164 cm³/mol. The third-order valence-electron chi connectivity index (χ3n) is 6.85. The van der Waals surface area contributed by atoms with Gasteiger partial charge in [0.25, 0.3) is 5.91 Å². The minimum atomic E-state index is -0.291. The zero-order valence-corrected chi connectivity index (χ0v) is 22.3. The Balaban J connectivity index is 1.15. The van der Waals surface area contributed by atoms with Crippen LogP contribution in [0.4, 0.5) is 0 Å². The van der Waals surface area contributed by atoms with Gasteiger partial charge in [-0.15, -0.1) is 0 Å². The number of carbonyl (C=O) groups excluding carboxylic acids is 1. The van der Waals surface area contributed by atoms with Crippen molar-refractivity contribution in [2.75, 3.05) is 0 Å². The lowest BCUT2D eigenvalue weighted by atomic mass is 9.97. The maximum Gasteiger partial charge on any atom is 0.271 e. The number of carbonyl (C=O) groups is 1. The number of hydrogen-bond acceptors (Lipinski definition) is 3. The number of hydrogen-bond donors (Lipinski definition) is 1. The van der Waals surface area contributed by atoms with Crippen molar-refractivity contribution in [3.05, 3.63) is 149 Å². The van der Waals surface area contributed by atoms with Crippen LogP contribution in [0.2, 0.25) is 5.02 Å². The molecule has 6 aromatic rings. The average molecular weight is 541 g/mol. The Labute approximate surface area is 237 Å². The van der Waals surface area contributed by atoms with Gasteiger partial charge in [-0.3, -0.25) is 4.79 Å². The van der Waals surface area contributed by atoms with Gasteiger partial charge in [0, 0.05) is 27.5 Å². The quantitative estimate of drug-likeness (QED) is 0.125. The van der Waals surface area contributed by atoms with Crippen LogP contribution in [0.15, 0.2) is 132 Å². The first-order valence-electron chi connectivity index (χ1n) is 13.0. The van der Waals surface area contributed by atoms with Crippen molar-refractivity contribution in [1.82, 2.24) is 5.43 Å². The second-order valence-electron chi connectivity index (χ2n) is 9.37. The molecular formula is C35H25ClN2O2. The normalized spacial score (nSPS) is 11.2. The highest BCUT2D eigenvalue weighted by Gasteiger charge is 2.12. The molecule has 0 saturated heterocycles. The highest BCUT2D eigenvalue weighted by molar-refractivity contribution is 6.42. The van der Waals surface area contributed by atoms with E-state index in [-0.39, 0.29) is 5.91 Å². The number of hydrazone groups is 1. The molecule has 6 rings (SSSR count). The first-order valence-corrected chi connectivity index (χ1v) is 13.4. The van der Waals surface area contributed by atoms with Gasteiger partial charge >= 0.3 is 0 Å². The molecule has 0 atom stereocenters. The molecule has 0 aliphatic heterocycles. The summed E-state index contributed by atoms with van der Waals surface area (Å²) in [7, 11) is 0. The number of halogens is 1. The number of rotatable bonds is 7. The fourth-order valence-electron chi connectivity index (χ4n) is 4.83. The zero-order chi connectivity index (χ0) is 27.3. The molecule has 0 unspecified atom stereocenters. The van der Waals surface area contributed by atoms with E-state index in [2.05, 4.69) is 22.7 Å². The van der Waals surface area contributed by atoms with Crippen molar-refractivity contribution in [2.24, 2.45) is 5.10 Å². The van der Waals surface area contributed by atoms with Crippen LogP contribution in [-0.4, -0.2) is 12.1 Å². The molecule has 0 radical (unpaired) electrons. The standard InChI is InChI=1S/C35H25ClN2O2/c36-34-30-15-6-4-13-28(30)32(29-14-5-7-16-31(29)34)22-37-38-35(39)26-20-18-24(19-21-26)23-40-33-17-9-8-12-27(33)25-10-2-1-3-11-25/h1-22H,23H2,(H,38,39)/b37-22-. The van der Waals surface area contributed by atoms with Crippen molar-refractivity contribution < 1.29 is 9.53 Å². The summed E-state index contributed by atoms with van der Waals surface area (Å²) in [6.07, 6.45) is 1.69. The van der Waals surface area contributed by atoms with Crippen LogP contribution in [0.5, 0.6) is 5.75 Å². The lowest BCUT2D eigenvalue weighted by Crippen LogP contribution is -2.17. The van der Waals surface area contributed by atoms with Crippen molar-refractivity contribution in [3.8, 4) is 16.9 Å². The first kappa shape index (κ1) is 25.4. The average Bonchev–Trinajstić information content (AvgIpc) is 3.02.